The topological polar surface area (TPSA) is 66.6 Å². The van der Waals surface area contributed by atoms with Crippen molar-refractivity contribution in [3.05, 3.63) is 29.7 Å². The van der Waals surface area contributed by atoms with Crippen molar-refractivity contribution < 1.29 is 27.4 Å². The Morgan fingerprint density at radius 1 is 1.30 bits per heavy atom. The standard InChI is InChI=1S/C15H16F2N2O4/c1-3-22-15(6-7-21-8-15)14-19-18-13(23-14)11-9(16)4-5-10(20-2)12(11)17/h4-5H,3,6-8H2,1-2H3. The summed E-state index contributed by atoms with van der Waals surface area (Å²) in [6.45, 7) is 2.99. The second-order valence-corrected chi connectivity index (χ2v) is 5.08. The summed E-state index contributed by atoms with van der Waals surface area (Å²) in [6, 6.07) is 2.27. The fourth-order valence-electron chi connectivity index (χ4n) is 2.56. The van der Waals surface area contributed by atoms with Crippen molar-refractivity contribution in [2.45, 2.75) is 18.9 Å². The summed E-state index contributed by atoms with van der Waals surface area (Å²) in [7, 11) is 1.29. The monoisotopic (exact) mass is 326 g/mol. The number of hydrogen-bond donors (Lipinski definition) is 0. The Kier molecular flexibility index (Phi) is 4.27. The molecular weight excluding hydrogens is 310 g/mol. The van der Waals surface area contributed by atoms with Crippen molar-refractivity contribution in [1.82, 2.24) is 10.2 Å². The van der Waals surface area contributed by atoms with E-state index < -0.39 is 22.8 Å². The lowest BCUT2D eigenvalue weighted by molar-refractivity contribution is -0.0657. The van der Waals surface area contributed by atoms with Crippen molar-refractivity contribution >= 4 is 0 Å². The first-order chi connectivity index (χ1) is 11.1. The maximum Gasteiger partial charge on any atom is 0.253 e. The highest BCUT2D eigenvalue weighted by atomic mass is 19.1. The first-order valence-electron chi connectivity index (χ1n) is 7.19. The summed E-state index contributed by atoms with van der Waals surface area (Å²) >= 11 is 0. The lowest BCUT2D eigenvalue weighted by Gasteiger charge is -2.22. The molecule has 1 atom stereocenters. The highest BCUT2D eigenvalue weighted by molar-refractivity contribution is 5.58. The Morgan fingerprint density at radius 2 is 2.13 bits per heavy atom. The SMILES string of the molecule is CCOC1(c2nnc(-c3c(F)ccc(OC)c3F)o2)CCOC1. The van der Waals surface area contributed by atoms with Gasteiger partial charge in [0.25, 0.3) is 11.8 Å². The van der Waals surface area contributed by atoms with Gasteiger partial charge in [-0.05, 0) is 19.1 Å². The number of ether oxygens (including phenoxy) is 3. The third kappa shape index (κ3) is 2.68. The van der Waals surface area contributed by atoms with Crippen LogP contribution in [0.15, 0.2) is 16.5 Å². The maximum atomic E-state index is 14.3. The van der Waals surface area contributed by atoms with Gasteiger partial charge in [0.15, 0.2) is 17.2 Å². The molecule has 1 aromatic carbocycles. The second-order valence-electron chi connectivity index (χ2n) is 5.08. The van der Waals surface area contributed by atoms with E-state index in [1.54, 1.807) is 0 Å². The van der Waals surface area contributed by atoms with Gasteiger partial charge in [0.1, 0.15) is 11.4 Å². The molecule has 2 aromatic rings. The number of rotatable bonds is 5. The molecule has 0 N–H and O–H groups in total. The van der Waals surface area contributed by atoms with Crippen LogP contribution in [0.1, 0.15) is 19.2 Å². The molecule has 0 bridgehead atoms. The van der Waals surface area contributed by atoms with Crippen LogP contribution >= 0.6 is 0 Å². The van der Waals surface area contributed by atoms with Crippen molar-refractivity contribution in [2.75, 3.05) is 26.9 Å². The van der Waals surface area contributed by atoms with Crippen LogP contribution in [0.4, 0.5) is 8.78 Å². The fraction of sp³-hybridized carbons (Fsp3) is 0.467. The van der Waals surface area contributed by atoms with Gasteiger partial charge in [0, 0.05) is 13.0 Å². The van der Waals surface area contributed by atoms with E-state index in [-0.39, 0.29) is 24.1 Å². The van der Waals surface area contributed by atoms with Gasteiger partial charge in [-0.3, -0.25) is 0 Å². The molecule has 23 heavy (non-hydrogen) atoms. The van der Waals surface area contributed by atoms with Gasteiger partial charge in [0.2, 0.25) is 0 Å². The molecule has 0 aliphatic carbocycles. The minimum absolute atomic E-state index is 0.107. The zero-order chi connectivity index (χ0) is 16.4. The molecule has 0 spiro atoms. The molecule has 2 heterocycles. The Hall–Kier alpha value is -2.06. The summed E-state index contributed by atoms with van der Waals surface area (Å²) < 4.78 is 49.7. The average Bonchev–Trinajstić information content (AvgIpc) is 3.18. The molecule has 1 saturated heterocycles. The van der Waals surface area contributed by atoms with Crippen LogP contribution in [0.2, 0.25) is 0 Å². The van der Waals surface area contributed by atoms with Gasteiger partial charge in [-0.2, -0.15) is 0 Å². The van der Waals surface area contributed by atoms with Gasteiger partial charge in [-0.1, -0.05) is 0 Å². The number of aromatic nitrogens is 2. The quantitative estimate of drug-likeness (QED) is 0.841. The third-order valence-corrected chi connectivity index (χ3v) is 3.71. The summed E-state index contributed by atoms with van der Waals surface area (Å²) in [5, 5.41) is 7.67. The van der Waals surface area contributed by atoms with Crippen molar-refractivity contribution in [1.29, 1.82) is 0 Å². The molecule has 1 aliphatic rings. The highest BCUT2D eigenvalue weighted by Crippen LogP contribution is 2.37. The maximum absolute atomic E-state index is 14.3. The number of methoxy groups -OCH3 is 1. The van der Waals surface area contributed by atoms with Crippen LogP contribution in [0.5, 0.6) is 5.75 Å². The van der Waals surface area contributed by atoms with E-state index in [0.29, 0.717) is 19.6 Å². The van der Waals surface area contributed by atoms with Crippen LogP contribution in [0, 0.1) is 11.6 Å². The molecule has 0 saturated carbocycles. The minimum Gasteiger partial charge on any atom is -0.494 e. The van der Waals surface area contributed by atoms with Crippen LogP contribution in [0.3, 0.4) is 0 Å². The Labute approximate surface area is 131 Å². The van der Waals surface area contributed by atoms with Gasteiger partial charge in [0.05, 0.1) is 20.3 Å². The van der Waals surface area contributed by atoms with E-state index >= 15 is 0 Å². The van der Waals surface area contributed by atoms with E-state index in [1.807, 2.05) is 6.92 Å². The van der Waals surface area contributed by atoms with Gasteiger partial charge in [-0.25, -0.2) is 8.78 Å². The molecule has 8 heteroatoms. The van der Waals surface area contributed by atoms with E-state index in [2.05, 4.69) is 10.2 Å². The Morgan fingerprint density at radius 3 is 2.78 bits per heavy atom. The molecule has 3 rings (SSSR count). The van der Waals surface area contributed by atoms with E-state index in [9.17, 15) is 8.78 Å². The Bertz CT molecular complexity index is 699. The second kappa shape index (κ2) is 6.21. The number of hydrogen-bond acceptors (Lipinski definition) is 6. The van der Waals surface area contributed by atoms with Crippen molar-refractivity contribution in [3.8, 4) is 17.2 Å². The van der Waals surface area contributed by atoms with Crippen LogP contribution in [-0.2, 0) is 15.1 Å². The molecule has 124 valence electrons. The summed E-state index contributed by atoms with van der Waals surface area (Å²) in [4.78, 5) is 0. The van der Waals surface area contributed by atoms with Gasteiger partial charge in [-0.15, -0.1) is 10.2 Å². The molecule has 1 unspecified atom stereocenters. The lowest BCUT2D eigenvalue weighted by Crippen LogP contribution is -2.30. The van der Waals surface area contributed by atoms with Gasteiger partial charge < -0.3 is 18.6 Å². The lowest BCUT2D eigenvalue weighted by atomic mass is 10.0. The van der Waals surface area contributed by atoms with E-state index in [0.717, 1.165) is 6.07 Å². The normalized spacial score (nSPS) is 20.9. The van der Waals surface area contributed by atoms with Crippen molar-refractivity contribution in [2.24, 2.45) is 0 Å². The molecule has 1 aliphatic heterocycles. The summed E-state index contributed by atoms with van der Waals surface area (Å²) in [5.41, 5.74) is -1.29. The zero-order valence-corrected chi connectivity index (χ0v) is 12.8. The molecular formula is C15H16F2N2O4. The molecule has 0 radical (unpaired) electrons. The number of benzene rings is 1. The van der Waals surface area contributed by atoms with E-state index in [4.69, 9.17) is 18.6 Å². The zero-order valence-electron chi connectivity index (χ0n) is 12.8. The first-order valence-corrected chi connectivity index (χ1v) is 7.19. The summed E-state index contributed by atoms with van der Waals surface area (Å²) in [5.74, 6) is -1.93. The predicted molar refractivity (Wildman–Crippen MR) is 74.9 cm³/mol. The van der Waals surface area contributed by atoms with Crippen LogP contribution in [-0.4, -0.2) is 37.1 Å². The van der Waals surface area contributed by atoms with Crippen LogP contribution < -0.4 is 4.74 Å². The molecule has 0 amide bonds. The third-order valence-electron chi connectivity index (χ3n) is 3.71. The predicted octanol–water partition coefficient (Wildman–Crippen LogP) is 2.68. The van der Waals surface area contributed by atoms with E-state index in [1.165, 1.54) is 13.2 Å². The molecule has 6 nitrogen and oxygen atoms in total. The average molecular weight is 326 g/mol. The first kappa shape index (κ1) is 15.8. The largest absolute Gasteiger partial charge is 0.494 e. The van der Waals surface area contributed by atoms with Gasteiger partial charge >= 0.3 is 0 Å². The molecule has 1 aromatic heterocycles. The minimum atomic E-state index is -0.893. The number of nitrogens with zero attached hydrogens (tertiary/aromatic N) is 2. The molecule has 1 fully saturated rings. The fourth-order valence-corrected chi connectivity index (χ4v) is 2.56. The highest BCUT2D eigenvalue weighted by Gasteiger charge is 2.43. The van der Waals surface area contributed by atoms with Crippen molar-refractivity contribution in [3.63, 3.8) is 0 Å². The smallest absolute Gasteiger partial charge is 0.253 e. The Balaban J connectivity index is 2.03. The number of halogens is 2. The summed E-state index contributed by atoms with van der Waals surface area (Å²) in [6.07, 6.45) is 0.533. The van der Waals surface area contributed by atoms with Crippen LogP contribution in [0.25, 0.3) is 11.5 Å².